The predicted molar refractivity (Wildman–Crippen MR) is 94.1 cm³/mol. The van der Waals surface area contributed by atoms with E-state index in [1.165, 1.54) is 0 Å². The Hall–Kier alpha value is -0.810. The van der Waals surface area contributed by atoms with Gasteiger partial charge in [-0.3, -0.25) is 4.79 Å². The van der Waals surface area contributed by atoms with E-state index in [0.717, 1.165) is 31.5 Å². The number of hydrogen-bond donors (Lipinski definition) is 2. The van der Waals surface area contributed by atoms with Crippen LogP contribution in [-0.2, 0) is 16.0 Å². The average molecular weight is 362 g/mol. The van der Waals surface area contributed by atoms with Crippen LogP contribution < -0.4 is 5.32 Å². The number of carbonyl (C=O) groups is 1. The molecular formula is C17H25Cl2NO3. The van der Waals surface area contributed by atoms with E-state index in [4.69, 9.17) is 23.2 Å². The van der Waals surface area contributed by atoms with Crippen LogP contribution in [0.2, 0.25) is 10.0 Å². The van der Waals surface area contributed by atoms with Crippen molar-refractivity contribution in [1.82, 2.24) is 5.32 Å². The molecule has 1 saturated heterocycles. The number of hydrogen-bond acceptors (Lipinski definition) is 4. The minimum absolute atomic E-state index is 0.318. The number of carbonyl (C=O) groups excluding carboxylic acids is 1. The van der Waals surface area contributed by atoms with Gasteiger partial charge in [-0.15, -0.1) is 0 Å². The molecule has 4 nitrogen and oxygen atoms in total. The lowest BCUT2D eigenvalue weighted by molar-refractivity contribution is -0.138. The summed E-state index contributed by atoms with van der Waals surface area (Å²) in [5.74, 6) is 0. The minimum atomic E-state index is -0.595. The van der Waals surface area contributed by atoms with Crippen molar-refractivity contribution < 1.29 is 14.6 Å². The number of benzene rings is 1. The van der Waals surface area contributed by atoms with E-state index in [1.54, 1.807) is 6.07 Å². The van der Waals surface area contributed by atoms with Gasteiger partial charge in [0.05, 0.1) is 15.6 Å². The van der Waals surface area contributed by atoms with Crippen molar-refractivity contribution in [2.24, 2.45) is 0 Å². The predicted octanol–water partition coefficient (Wildman–Crippen LogP) is 3.61. The number of rotatable bonds is 3. The van der Waals surface area contributed by atoms with Crippen molar-refractivity contribution in [2.75, 3.05) is 13.1 Å². The molecule has 0 spiro atoms. The lowest BCUT2D eigenvalue weighted by Crippen LogP contribution is -2.43. The summed E-state index contributed by atoms with van der Waals surface area (Å²) in [4.78, 5) is 9.60. The molecular weight excluding hydrogens is 337 g/mol. The van der Waals surface area contributed by atoms with Gasteiger partial charge < -0.3 is 15.2 Å². The molecule has 130 valence electrons. The highest BCUT2D eigenvalue weighted by atomic mass is 35.5. The van der Waals surface area contributed by atoms with Gasteiger partial charge in [0.15, 0.2) is 0 Å². The molecule has 0 radical (unpaired) electrons. The molecule has 23 heavy (non-hydrogen) atoms. The van der Waals surface area contributed by atoms with Gasteiger partial charge in [-0.1, -0.05) is 29.3 Å². The third-order valence-corrected chi connectivity index (χ3v) is 4.19. The Morgan fingerprint density at radius 2 is 1.87 bits per heavy atom. The normalized spacial score (nSPS) is 17.0. The van der Waals surface area contributed by atoms with Crippen molar-refractivity contribution in [2.45, 2.75) is 51.2 Å². The van der Waals surface area contributed by atoms with Crippen LogP contribution in [0.3, 0.4) is 0 Å². The first kappa shape index (κ1) is 20.2. The summed E-state index contributed by atoms with van der Waals surface area (Å²) in [7, 11) is 0. The molecule has 2 N–H and O–H groups in total. The fraction of sp³-hybridized carbons (Fsp3) is 0.588. The highest BCUT2D eigenvalue weighted by Gasteiger charge is 2.29. The zero-order chi connectivity index (χ0) is 17.5. The van der Waals surface area contributed by atoms with Crippen molar-refractivity contribution >= 4 is 29.7 Å². The third kappa shape index (κ3) is 8.02. The van der Waals surface area contributed by atoms with Crippen LogP contribution in [0.1, 0.15) is 39.2 Å². The fourth-order valence-electron chi connectivity index (χ4n) is 2.24. The number of piperidine rings is 1. The third-order valence-electron chi connectivity index (χ3n) is 3.45. The zero-order valence-corrected chi connectivity index (χ0v) is 15.4. The Bertz CT molecular complexity index is 509. The van der Waals surface area contributed by atoms with Gasteiger partial charge in [0.1, 0.15) is 5.60 Å². The molecule has 1 fully saturated rings. The molecule has 1 heterocycles. The van der Waals surface area contributed by atoms with Gasteiger partial charge in [-0.25, -0.2) is 0 Å². The van der Waals surface area contributed by atoms with Crippen LogP contribution in [0.5, 0.6) is 0 Å². The van der Waals surface area contributed by atoms with Crippen LogP contribution in [0.4, 0.5) is 0 Å². The Morgan fingerprint density at radius 3 is 2.30 bits per heavy atom. The lowest BCUT2D eigenvalue weighted by atomic mass is 9.86. The summed E-state index contributed by atoms with van der Waals surface area (Å²) in [5, 5.41) is 14.7. The second-order valence-corrected chi connectivity index (χ2v) is 7.54. The van der Waals surface area contributed by atoms with Crippen LogP contribution >= 0.6 is 23.2 Å². The van der Waals surface area contributed by atoms with Crippen molar-refractivity contribution in [3.8, 4) is 0 Å². The molecule has 0 atom stereocenters. The fourth-order valence-corrected chi connectivity index (χ4v) is 2.56. The van der Waals surface area contributed by atoms with E-state index >= 15 is 0 Å². The Kier molecular flexibility index (Phi) is 7.81. The molecule has 1 aromatic carbocycles. The summed E-state index contributed by atoms with van der Waals surface area (Å²) < 4.78 is 4.55. The molecule has 1 aromatic rings. The largest absolute Gasteiger partial charge is 0.462 e. The summed E-state index contributed by atoms with van der Waals surface area (Å²) in [6.45, 7) is 7.67. The van der Waals surface area contributed by atoms with Gasteiger partial charge in [0.25, 0.3) is 6.47 Å². The number of halogens is 2. The smallest absolute Gasteiger partial charge is 0.293 e. The van der Waals surface area contributed by atoms with E-state index < -0.39 is 5.60 Å². The first-order valence-corrected chi connectivity index (χ1v) is 8.39. The van der Waals surface area contributed by atoms with Gasteiger partial charge in [0.2, 0.25) is 0 Å². The maximum absolute atomic E-state index is 10.4. The second kappa shape index (κ2) is 8.88. The molecule has 2 rings (SSSR count). The number of ether oxygens (including phenoxy) is 1. The molecule has 0 saturated carbocycles. The monoisotopic (exact) mass is 361 g/mol. The van der Waals surface area contributed by atoms with Crippen LogP contribution in [0.15, 0.2) is 18.2 Å². The van der Waals surface area contributed by atoms with E-state index in [2.05, 4.69) is 10.1 Å². The van der Waals surface area contributed by atoms with Gasteiger partial charge >= 0.3 is 0 Å². The lowest BCUT2D eigenvalue weighted by Gasteiger charge is -2.32. The van der Waals surface area contributed by atoms with E-state index in [9.17, 15) is 9.90 Å². The minimum Gasteiger partial charge on any atom is -0.462 e. The summed E-state index contributed by atoms with van der Waals surface area (Å²) in [5.41, 5.74) is 0.128. The van der Waals surface area contributed by atoms with Crippen LogP contribution in [0, 0.1) is 0 Å². The Balaban J connectivity index is 0.000000322. The topological polar surface area (TPSA) is 58.6 Å². The Morgan fingerprint density at radius 1 is 1.26 bits per heavy atom. The molecule has 1 aliphatic rings. The van der Waals surface area contributed by atoms with Gasteiger partial charge in [-0.2, -0.15) is 0 Å². The van der Waals surface area contributed by atoms with Crippen molar-refractivity contribution in [3.63, 3.8) is 0 Å². The highest BCUT2D eigenvalue weighted by molar-refractivity contribution is 6.42. The first-order chi connectivity index (χ1) is 10.7. The average Bonchev–Trinajstić information content (AvgIpc) is 2.43. The molecule has 0 unspecified atom stereocenters. The molecule has 0 amide bonds. The Labute approximate surface area is 148 Å². The quantitative estimate of drug-likeness (QED) is 0.807. The second-order valence-electron chi connectivity index (χ2n) is 6.73. The molecule has 0 aromatic heterocycles. The van der Waals surface area contributed by atoms with Crippen molar-refractivity contribution in [1.29, 1.82) is 0 Å². The van der Waals surface area contributed by atoms with Crippen LogP contribution in [0.25, 0.3) is 0 Å². The van der Waals surface area contributed by atoms with Gasteiger partial charge in [-0.05, 0) is 64.4 Å². The summed E-state index contributed by atoms with van der Waals surface area (Å²) >= 11 is 11.8. The van der Waals surface area contributed by atoms with Gasteiger partial charge in [0, 0.05) is 6.42 Å². The number of aliphatic hydroxyl groups is 1. The summed E-state index contributed by atoms with van der Waals surface area (Å²) in [6, 6.07) is 5.54. The molecule has 0 aliphatic carbocycles. The van der Waals surface area contributed by atoms with E-state index in [-0.39, 0.29) is 5.60 Å². The maximum Gasteiger partial charge on any atom is 0.293 e. The number of nitrogens with one attached hydrogen (secondary N) is 1. The molecule has 6 heteroatoms. The first-order valence-electron chi connectivity index (χ1n) is 7.64. The van der Waals surface area contributed by atoms with Crippen molar-refractivity contribution in [3.05, 3.63) is 33.8 Å². The van der Waals surface area contributed by atoms with E-state index in [1.807, 2.05) is 32.9 Å². The molecule has 0 bridgehead atoms. The van der Waals surface area contributed by atoms with Crippen LogP contribution in [-0.4, -0.2) is 35.9 Å². The molecule has 1 aliphatic heterocycles. The highest BCUT2D eigenvalue weighted by Crippen LogP contribution is 2.27. The summed E-state index contributed by atoms with van der Waals surface area (Å²) in [6.07, 6.45) is 2.21. The standard InChI is InChI=1S/C12H15Cl2NO.C5H10O2/c13-10-2-1-9(7-11(10)14)8-12(16)3-5-15-6-4-12;1-5(2,3)7-4-6/h1-2,7,15-16H,3-6,8H2;4H,1-3H3. The SMILES string of the molecule is CC(C)(C)OC=O.OC1(Cc2ccc(Cl)c(Cl)c2)CCNCC1. The van der Waals surface area contributed by atoms with E-state index in [0.29, 0.717) is 22.9 Å². The maximum atomic E-state index is 10.4. The zero-order valence-electron chi connectivity index (χ0n) is 13.9.